The lowest BCUT2D eigenvalue weighted by molar-refractivity contribution is -0.115. The lowest BCUT2D eigenvalue weighted by atomic mass is 9.90. The summed E-state index contributed by atoms with van der Waals surface area (Å²) in [5.74, 6) is -0.0728. The SMILES string of the molecule is CCCCNCC(=O)Nc1nc(C(C)(C)C)c(Cc2ccc(Cl)cc2Cl)s1. The smallest absolute Gasteiger partial charge is 0.240 e. The van der Waals surface area contributed by atoms with E-state index in [9.17, 15) is 4.79 Å². The topological polar surface area (TPSA) is 54.0 Å². The van der Waals surface area contributed by atoms with Crippen LogP contribution in [-0.2, 0) is 16.6 Å². The summed E-state index contributed by atoms with van der Waals surface area (Å²) in [6.45, 7) is 9.62. The van der Waals surface area contributed by atoms with Crippen molar-refractivity contribution in [2.45, 2.75) is 52.4 Å². The minimum atomic E-state index is -0.132. The van der Waals surface area contributed by atoms with Crippen LogP contribution in [0.15, 0.2) is 18.2 Å². The molecule has 0 saturated heterocycles. The first-order chi connectivity index (χ1) is 12.7. The van der Waals surface area contributed by atoms with E-state index in [4.69, 9.17) is 28.2 Å². The molecule has 0 radical (unpaired) electrons. The van der Waals surface area contributed by atoms with Crippen molar-refractivity contribution in [3.05, 3.63) is 44.4 Å². The maximum Gasteiger partial charge on any atom is 0.240 e. The van der Waals surface area contributed by atoms with Gasteiger partial charge in [0, 0.05) is 26.8 Å². The summed E-state index contributed by atoms with van der Waals surface area (Å²) < 4.78 is 0. The van der Waals surface area contributed by atoms with Crippen molar-refractivity contribution in [3.63, 3.8) is 0 Å². The number of amides is 1. The van der Waals surface area contributed by atoms with Gasteiger partial charge in [-0.3, -0.25) is 4.79 Å². The average molecular weight is 428 g/mol. The first-order valence-electron chi connectivity index (χ1n) is 9.15. The Balaban J connectivity index is 2.15. The van der Waals surface area contributed by atoms with Crippen LogP contribution in [0.1, 0.15) is 56.7 Å². The number of nitrogens with zero attached hydrogens (tertiary/aromatic N) is 1. The Labute approximate surface area is 175 Å². The minimum absolute atomic E-state index is 0.0728. The molecule has 0 bridgehead atoms. The fourth-order valence-electron chi connectivity index (χ4n) is 2.62. The Morgan fingerprint density at radius 1 is 1.26 bits per heavy atom. The van der Waals surface area contributed by atoms with Gasteiger partial charge in [-0.2, -0.15) is 0 Å². The summed E-state index contributed by atoms with van der Waals surface area (Å²) in [5.41, 5.74) is 1.84. The third-order valence-corrected chi connectivity index (χ3v) is 5.57. The molecule has 2 rings (SSSR count). The van der Waals surface area contributed by atoms with Crippen LogP contribution in [0.4, 0.5) is 5.13 Å². The van der Waals surface area contributed by atoms with E-state index >= 15 is 0 Å². The van der Waals surface area contributed by atoms with Crippen LogP contribution < -0.4 is 10.6 Å². The van der Waals surface area contributed by atoms with Crippen molar-refractivity contribution in [1.82, 2.24) is 10.3 Å². The maximum absolute atomic E-state index is 12.2. The Morgan fingerprint density at radius 2 is 2.00 bits per heavy atom. The number of aromatic nitrogens is 1. The van der Waals surface area contributed by atoms with Crippen LogP contribution >= 0.6 is 34.5 Å². The quantitative estimate of drug-likeness (QED) is 0.533. The number of anilines is 1. The molecule has 0 unspecified atom stereocenters. The second-order valence-electron chi connectivity index (χ2n) is 7.53. The zero-order valence-corrected chi connectivity index (χ0v) is 18.6. The molecule has 0 aliphatic rings. The lowest BCUT2D eigenvalue weighted by Crippen LogP contribution is -2.28. The van der Waals surface area contributed by atoms with Gasteiger partial charge in [0.05, 0.1) is 12.2 Å². The summed E-state index contributed by atoms with van der Waals surface area (Å²) in [5, 5.41) is 7.94. The van der Waals surface area contributed by atoms with E-state index in [2.05, 4.69) is 38.3 Å². The molecule has 0 aliphatic heterocycles. The molecule has 1 aromatic carbocycles. The van der Waals surface area contributed by atoms with Gasteiger partial charge in [-0.15, -0.1) is 11.3 Å². The highest BCUT2D eigenvalue weighted by atomic mass is 35.5. The van der Waals surface area contributed by atoms with E-state index in [-0.39, 0.29) is 11.3 Å². The second kappa shape index (κ2) is 9.87. The fraction of sp³-hybridized carbons (Fsp3) is 0.500. The zero-order chi connectivity index (χ0) is 20.0. The summed E-state index contributed by atoms with van der Waals surface area (Å²) in [4.78, 5) is 18.0. The lowest BCUT2D eigenvalue weighted by Gasteiger charge is -2.17. The molecule has 0 saturated carbocycles. The van der Waals surface area contributed by atoms with Crippen molar-refractivity contribution in [3.8, 4) is 0 Å². The summed E-state index contributed by atoms with van der Waals surface area (Å²) >= 11 is 13.8. The van der Waals surface area contributed by atoms with E-state index in [0.29, 0.717) is 28.1 Å². The Morgan fingerprint density at radius 3 is 2.63 bits per heavy atom. The molecule has 7 heteroatoms. The predicted octanol–water partition coefficient (Wildman–Crippen LogP) is 5.67. The normalized spacial score (nSPS) is 11.6. The number of nitrogens with one attached hydrogen (secondary N) is 2. The van der Waals surface area contributed by atoms with Crippen molar-refractivity contribution < 1.29 is 4.79 Å². The van der Waals surface area contributed by atoms with Crippen molar-refractivity contribution in [2.24, 2.45) is 0 Å². The molecule has 148 valence electrons. The third kappa shape index (κ3) is 6.75. The first kappa shape index (κ1) is 22.2. The standard InChI is InChI=1S/C20H27Cl2N3OS/c1-5-6-9-23-12-17(26)24-19-25-18(20(2,3)4)16(27-19)10-13-7-8-14(21)11-15(13)22/h7-8,11,23H,5-6,9-10,12H2,1-4H3,(H,24,25,26). The number of hydrogen-bond acceptors (Lipinski definition) is 4. The molecular weight excluding hydrogens is 401 g/mol. The summed E-state index contributed by atoms with van der Waals surface area (Å²) in [7, 11) is 0. The molecule has 0 aliphatic carbocycles. The van der Waals surface area contributed by atoms with Crippen molar-refractivity contribution >= 4 is 45.6 Å². The highest BCUT2D eigenvalue weighted by Gasteiger charge is 2.24. The van der Waals surface area contributed by atoms with Gasteiger partial charge in [0.2, 0.25) is 5.91 Å². The number of halogens is 2. The zero-order valence-electron chi connectivity index (χ0n) is 16.3. The maximum atomic E-state index is 12.2. The van der Waals surface area contributed by atoms with Gasteiger partial charge in [0.15, 0.2) is 5.13 Å². The Hall–Kier alpha value is -1.14. The molecule has 2 aromatic rings. The van der Waals surface area contributed by atoms with Gasteiger partial charge >= 0.3 is 0 Å². The minimum Gasteiger partial charge on any atom is -0.308 e. The monoisotopic (exact) mass is 427 g/mol. The molecular formula is C20H27Cl2N3OS. The van der Waals surface area contributed by atoms with E-state index < -0.39 is 0 Å². The number of benzene rings is 1. The number of carbonyl (C=O) groups is 1. The molecule has 0 fully saturated rings. The molecule has 0 spiro atoms. The van der Waals surface area contributed by atoms with Gasteiger partial charge < -0.3 is 10.6 Å². The van der Waals surface area contributed by atoms with Crippen LogP contribution in [0.2, 0.25) is 10.0 Å². The van der Waals surface area contributed by atoms with E-state index in [0.717, 1.165) is 35.5 Å². The number of carbonyl (C=O) groups excluding carboxylic acids is 1. The van der Waals surface area contributed by atoms with E-state index in [1.54, 1.807) is 6.07 Å². The molecule has 27 heavy (non-hydrogen) atoms. The van der Waals surface area contributed by atoms with Crippen molar-refractivity contribution in [1.29, 1.82) is 0 Å². The van der Waals surface area contributed by atoms with Gasteiger partial charge in [0.1, 0.15) is 0 Å². The molecule has 1 amide bonds. The van der Waals surface area contributed by atoms with Gasteiger partial charge in [0.25, 0.3) is 0 Å². The molecule has 0 atom stereocenters. The van der Waals surface area contributed by atoms with Crippen molar-refractivity contribution in [2.75, 3.05) is 18.4 Å². The van der Waals surface area contributed by atoms with Crippen LogP contribution in [0, 0.1) is 0 Å². The van der Waals surface area contributed by atoms with Crippen LogP contribution in [0.5, 0.6) is 0 Å². The molecule has 1 aromatic heterocycles. The first-order valence-corrected chi connectivity index (χ1v) is 10.7. The third-order valence-electron chi connectivity index (χ3n) is 4.01. The summed E-state index contributed by atoms with van der Waals surface area (Å²) in [6, 6.07) is 5.53. The highest BCUT2D eigenvalue weighted by molar-refractivity contribution is 7.15. The van der Waals surface area contributed by atoms with E-state index in [1.807, 2.05) is 12.1 Å². The van der Waals surface area contributed by atoms with Crippen LogP contribution in [0.25, 0.3) is 0 Å². The van der Waals surface area contributed by atoms with Crippen LogP contribution in [0.3, 0.4) is 0 Å². The number of hydrogen-bond donors (Lipinski definition) is 2. The molecule has 4 nitrogen and oxygen atoms in total. The second-order valence-corrected chi connectivity index (χ2v) is 9.46. The van der Waals surface area contributed by atoms with Gasteiger partial charge in [-0.25, -0.2) is 4.98 Å². The highest BCUT2D eigenvalue weighted by Crippen LogP contribution is 2.35. The molecule has 1 heterocycles. The number of thiazole rings is 1. The Bertz CT molecular complexity index is 784. The largest absolute Gasteiger partial charge is 0.308 e. The number of unbranched alkanes of at least 4 members (excludes halogenated alkanes) is 1. The molecule has 2 N–H and O–H groups in total. The van der Waals surface area contributed by atoms with Gasteiger partial charge in [-0.05, 0) is 30.7 Å². The number of rotatable bonds is 8. The van der Waals surface area contributed by atoms with Gasteiger partial charge in [-0.1, -0.05) is 63.4 Å². The van der Waals surface area contributed by atoms with Crippen LogP contribution in [-0.4, -0.2) is 24.0 Å². The fourth-order valence-corrected chi connectivity index (χ4v) is 4.30. The predicted molar refractivity (Wildman–Crippen MR) is 116 cm³/mol. The average Bonchev–Trinajstić information content (AvgIpc) is 2.97. The Kier molecular flexibility index (Phi) is 8.10. The van der Waals surface area contributed by atoms with E-state index in [1.165, 1.54) is 11.3 Å². The summed E-state index contributed by atoms with van der Waals surface area (Å²) in [6.07, 6.45) is 2.82.